The normalized spacial score (nSPS) is 14.9. The van der Waals surface area contributed by atoms with Gasteiger partial charge in [-0.25, -0.2) is 0 Å². The predicted octanol–water partition coefficient (Wildman–Crippen LogP) is -0.310. The van der Waals surface area contributed by atoms with Gasteiger partial charge in [0, 0.05) is 0 Å². The molecule has 5 heteroatoms. The van der Waals surface area contributed by atoms with E-state index < -0.39 is 23.8 Å². The van der Waals surface area contributed by atoms with Crippen molar-refractivity contribution in [3.63, 3.8) is 0 Å². The van der Waals surface area contributed by atoms with Crippen LogP contribution in [0.25, 0.3) is 0 Å². The molecule has 0 aromatic carbocycles. The second-order valence-electron chi connectivity index (χ2n) is 3.02. The Kier molecular flexibility index (Phi) is 5.06. The van der Waals surface area contributed by atoms with Crippen LogP contribution in [0, 0.1) is 5.92 Å². The van der Waals surface area contributed by atoms with Crippen molar-refractivity contribution in [3.8, 4) is 0 Å². The number of carbonyl (C=O) groups is 2. The summed E-state index contributed by atoms with van der Waals surface area (Å²) in [7, 11) is 0. The number of hydrogen-bond acceptors (Lipinski definition) is 3. The fourth-order valence-electron chi connectivity index (χ4n) is 1.09. The molecule has 0 rings (SSSR count). The van der Waals surface area contributed by atoms with E-state index in [1.165, 1.54) is 0 Å². The van der Waals surface area contributed by atoms with Gasteiger partial charge in [0.05, 0.1) is 5.92 Å². The Morgan fingerprint density at radius 1 is 1.46 bits per heavy atom. The van der Waals surface area contributed by atoms with Crippen molar-refractivity contribution in [2.75, 3.05) is 0 Å². The van der Waals surface area contributed by atoms with Crippen molar-refractivity contribution >= 4 is 11.9 Å². The maximum atomic E-state index is 10.8. The van der Waals surface area contributed by atoms with E-state index >= 15 is 0 Å². The van der Waals surface area contributed by atoms with Gasteiger partial charge in [0.15, 0.2) is 0 Å². The molecule has 0 saturated carbocycles. The van der Waals surface area contributed by atoms with Gasteiger partial charge >= 0.3 is 5.97 Å². The van der Waals surface area contributed by atoms with E-state index in [0.717, 1.165) is 12.8 Å². The molecule has 0 bridgehead atoms. The Hall–Kier alpha value is -1.10. The summed E-state index contributed by atoms with van der Waals surface area (Å²) >= 11 is 0. The quantitative estimate of drug-likeness (QED) is 0.531. The third kappa shape index (κ3) is 3.89. The minimum Gasteiger partial charge on any atom is -0.480 e. The van der Waals surface area contributed by atoms with Crippen molar-refractivity contribution in [2.24, 2.45) is 17.4 Å². The number of carboxylic acid groups (broad SMARTS) is 1. The number of carbonyl (C=O) groups excluding carboxylic acids is 1. The van der Waals surface area contributed by atoms with Crippen molar-refractivity contribution in [2.45, 2.75) is 32.2 Å². The van der Waals surface area contributed by atoms with Crippen LogP contribution >= 0.6 is 0 Å². The van der Waals surface area contributed by atoms with E-state index in [2.05, 4.69) is 0 Å². The highest BCUT2D eigenvalue weighted by atomic mass is 16.4. The number of amides is 1. The Morgan fingerprint density at radius 3 is 2.31 bits per heavy atom. The third-order valence-electron chi connectivity index (χ3n) is 1.95. The fourth-order valence-corrected chi connectivity index (χ4v) is 1.09. The van der Waals surface area contributed by atoms with Gasteiger partial charge in [-0.05, 0) is 6.42 Å². The minimum absolute atomic E-state index is 0.444. The number of aliphatic carboxylic acids is 1. The molecule has 13 heavy (non-hydrogen) atoms. The lowest BCUT2D eigenvalue weighted by atomic mass is 9.94. The highest BCUT2D eigenvalue weighted by Crippen LogP contribution is 2.11. The summed E-state index contributed by atoms with van der Waals surface area (Å²) in [6.45, 7) is 1.95. The lowest BCUT2D eigenvalue weighted by Crippen LogP contribution is -2.44. The molecule has 0 aliphatic carbocycles. The average molecular weight is 188 g/mol. The lowest BCUT2D eigenvalue weighted by molar-refractivity contribution is -0.142. The molecule has 0 spiro atoms. The van der Waals surface area contributed by atoms with Gasteiger partial charge in [-0.3, -0.25) is 9.59 Å². The number of unbranched alkanes of at least 4 members (excludes halogenated alkanes) is 1. The van der Waals surface area contributed by atoms with E-state index in [0.29, 0.717) is 6.42 Å². The number of hydrogen-bond donors (Lipinski definition) is 3. The van der Waals surface area contributed by atoms with Crippen molar-refractivity contribution < 1.29 is 14.7 Å². The molecule has 0 radical (unpaired) electrons. The van der Waals surface area contributed by atoms with E-state index in [1.807, 2.05) is 6.92 Å². The van der Waals surface area contributed by atoms with E-state index in [9.17, 15) is 9.59 Å². The van der Waals surface area contributed by atoms with Crippen LogP contribution in [0.3, 0.4) is 0 Å². The summed E-state index contributed by atoms with van der Waals surface area (Å²) < 4.78 is 0. The van der Waals surface area contributed by atoms with Crippen LogP contribution in [0.1, 0.15) is 26.2 Å². The molecule has 1 unspecified atom stereocenters. The highest BCUT2D eigenvalue weighted by Gasteiger charge is 2.28. The topological polar surface area (TPSA) is 106 Å². The first-order valence-electron chi connectivity index (χ1n) is 4.28. The zero-order valence-corrected chi connectivity index (χ0v) is 7.69. The van der Waals surface area contributed by atoms with Crippen LogP contribution < -0.4 is 11.5 Å². The molecule has 1 amide bonds. The molecule has 0 aromatic rings. The summed E-state index contributed by atoms with van der Waals surface area (Å²) in [5, 5.41) is 8.57. The summed E-state index contributed by atoms with van der Waals surface area (Å²) in [5.41, 5.74) is 10.3. The molecule has 0 aliphatic heterocycles. The Balaban J connectivity index is 4.24. The fraction of sp³-hybridized carbons (Fsp3) is 0.750. The molecule has 0 fully saturated rings. The average Bonchev–Trinajstić information content (AvgIpc) is 2.04. The van der Waals surface area contributed by atoms with E-state index in [1.54, 1.807) is 0 Å². The Morgan fingerprint density at radius 2 is 2.00 bits per heavy atom. The second kappa shape index (κ2) is 5.53. The van der Waals surface area contributed by atoms with Gasteiger partial charge in [-0.2, -0.15) is 0 Å². The monoisotopic (exact) mass is 188 g/mol. The molecule has 0 aliphatic rings. The third-order valence-corrected chi connectivity index (χ3v) is 1.95. The van der Waals surface area contributed by atoms with Gasteiger partial charge < -0.3 is 16.6 Å². The first-order chi connectivity index (χ1) is 6.00. The van der Waals surface area contributed by atoms with Crippen LogP contribution in [0.2, 0.25) is 0 Å². The number of carboxylic acids is 1. The van der Waals surface area contributed by atoms with Gasteiger partial charge in [-0.1, -0.05) is 19.8 Å². The first kappa shape index (κ1) is 11.9. The van der Waals surface area contributed by atoms with E-state index in [-0.39, 0.29) is 0 Å². The molecule has 0 saturated heterocycles. The minimum atomic E-state index is -1.18. The van der Waals surface area contributed by atoms with Crippen molar-refractivity contribution in [1.29, 1.82) is 0 Å². The van der Waals surface area contributed by atoms with Crippen LogP contribution in [0.15, 0.2) is 0 Å². The zero-order chi connectivity index (χ0) is 10.4. The molecular formula is C8H16N2O3. The van der Waals surface area contributed by atoms with Crippen LogP contribution in [-0.4, -0.2) is 23.0 Å². The van der Waals surface area contributed by atoms with Gasteiger partial charge in [-0.15, -0.1) is 0 Å². The molecule has 2 atom stereocenters. The zero-order valence-electron chi connectivity index (χ0n) is 7.69. The van der Waals surface area contributed by atoms with Crippen LogP contribution in [0.4, 0.5) is 0 Å². The number of rotatable bonds is 6. The Bertz CT molecular complexity index is 194. The van der Waals surface area contributed by atoms with Gasteiger partial charge in [0.2, 0.25) is 5.91 Å². The molecule has 0 heterocycles. The highest BCUT2D eigenvalue weighted by molar-refractivity contribution is 5.85. The molecule has 5 N–H and O–H groups in total. The SMILES string of the molecule is CCCCC(C(N)=O)[C@H](N)C(=O)O. The van der Waals surface area contributed by atoms with E-state index in [4.69, 9.17) is 16.6 Å². The predicted molar refractivity (Wildman–Crippen MR) is 47.8 cm³/mol. The lowest BCUT2D eigenvalue weighted by Gasteiger charge is -2.16. The van der Waals surface area contributed by atoms with Gasteiger partial charge in [0.1, 0.15) is 6.04 Å². The Labute approximate surface area is 77.1 Å². The molecule has 76 valence electrons. The maximum Gasteiger partial charge on any atom is 0.321 e. The standard InChI is InChI=1S/C8H16N2O3/c1-2-3-4-5(7(10)11)6(9)8(12)13/h5-6H,2-4,9H2,1H3,(H2,10,11)(H,12,13)/t5?,6-/m0/s1. The summed E-state index contributed by atoms with van der Waals surface area (Å²) in [6, 6.07) is -1.18. The largest absolute Gasteiger partial charge is 0.480 e. The van der Waals surface area contributed by atoms with Gasteiger partial charge in [0.25, 0.3) is 0 Å². The summed E-state index contributed by atoms with van der Waals surface area (Å²) in [4.78, 5) is 21.3. The summed E-state index contributed by atoms with van der Waals surface area (Å²) in [5.74, 6) is -2.57. The molecular weight excluding hydrogens is 172 g/mol. The van der Waals surface area contributed by atoms with Crippen molar-refractivity contribution in [3.05, 3.63) is 0 Å². The number of nitrogens with two attached hydrogens (primary N) is 2. The molecule has 0 aromatic heterocycles. The smallest absolute Gasteiger partial charge is 0.321 e. The number of primary amides is 1. The van der Waals surface area contributed by atoms with Crippen LogP contribution in [-0.2, 0) is 9.59 Å². The first-order valence-corrected chi connectivity index (χ1v) is 4.28. The summed E-state index contributed by atoms with van der Waals surface area (Å²) in [6.07, 6.45) is 2.09. The maximum absolute atomic E-state index is 10.8. The second-order valence-corrected chi connectivity index (χ2v) is 3.02. The molecule has 5 nitrogen and oxygen atoms in total. The van der Waals surface area contributed by atoms with Crippen LogP contribution in [0.5, 0.6) is 0 Å². The van der Waals surface area contributed by atoms with Crippen molar-refractivity contribution in [1.82, 2.24) is 0 Å².